The molecule has 152 valence electrons. The van der Waals surface area contributed by atoms with Gasteiger partial charge in [0.2, 0.25) is 0 Å². The van der Waals surface area contributed by atoms with Crippen molar-refractivity contribution in [2.75, 3.05) is 38.1 Å². The first-order chi connectivity index (χ1) is 14.2. The number of amides is 1. The zero-order chi connectivity index (χ0) is 20.2. The summed E-state index contributed by atoms with van der Waals surface area (Å²) in [7, 11) is 1.75. The van der Waals surface area contributed by atoms with Crippen LogP contribution in [-0.2, 0) is 6.42 Å². The van der Waals surface area contributed by atoms with E-state index < -0.39 is 0 Å². The molecule has 1 aromatic heterocycles. The smallest absolute Gasteiger partial charge is 0.280 e. The number of anilines is 1. The van der Waals surface area contributed by atoms with E-state index in [2.05, 4.69) is 55.4 Å². The number of thiazole rings is 1. The van der Waals surface area contributed by atoms with Crippen molar-refractivity contribution >= 4 is 40.5 Å². The van der Waals surface area contributed by atoms with E-state index in [1.165, 1.54) is 16.9 Å². The molecule has 1 aromatic carbocycles. The summed E-state index contributed by atoms with van der Waals surface area (Å²) >= 11 is 1.27. The van der Waals surface area contributed by atoms with Gasteiger partial charge in [-0.05, 0) is 56.6 Å². The van der Waals surface area contributed by atoms with Gasteiger partial charge in [0.05, 0.1) is 0 Å². The molecular weight excluding hydrogens is 384 g/mol. The second kappa shape index (κ2) is 8.84. The molecule has 1 amide bonds. The Kier molecular flexibility index (Phi) is 6.01. The summed E-state index contributed by atoms with van der Waals surface area (Å²) in [4.78, 5) is 28.1. The van der Waals surface area contributed by atoms with Crippen LogP contribution >= 0.6 is 11.3 Å². The number of nitrogens with one attached hydrogen (secondary N) is 2. The molecule has 3 heterocycles. The molecule has 0 bridgehead atoms. The molecule has 8 heteroatoms. The molecule has 1 fully saturated rings. The molecule has 29 heavy (non-hydrogen) atoms. The van der Waals surface area contributed by atoms with Gasteiger partial charge in [-0.3, -0.25) is 14.8 Å². The van der Waals surface area contributed by atoms with Crippen molar-refractivity contribution in [3.63, 3.8) is 0 Å². The van der Waals surface area contributed by atoms with E-state index in [-0.39, 0.29) is 5.91 Å². The quantitative estimate of drug-likeness (QED) is 0.586. The lowest BCUT2D eigenvalue weighted by Gasteiger charge is -2.22. The molecule has 0 radical (unpaired) electrons. The number of fused-ring (bicyclic) bond motifs is 1. The molecule has 4 rings (SSSR count). The molecular formula is C21H26N6OS. The van der Waals surface area contributed by atoms with Crippen molar-refractivity contribution in [3.05, 3.63) is 40.5 Å². The minimum absolute atomic E-state index is 0.151. The van der Waals surface area contributed by atoms with Gasteiger partial charge < -0.3 is 15.5 Å². The highest BCUT2D eigenvalue weighted by Gasteiger charge is 2.28. The number of benzene rings is 1. The van der Waals surface area contributed by atoms with Crippen LogP contribution in [0.5, 0.6) is 0 Å². The van der Waals surface area contributed by atoms with Gasteiger partial charge in [-0.1, -0.05) is 29.5 Å². The predicted molar refractivity (Wildman–Crippen MR) is 119 cm³/mol. The van der Waals surface area contributed by atoms with Crippen LogP contribution in [0.4, 0.5) is 10.7 Å². The van der Waals surface area contributed by atoms with Gasteiger partial charge in [0, 0.05) is 25.8 Å². The van der Waals surface area contributed by atoms with E-state index in [4.69, 9.17) is 0 Å². The lowest BCUT2D eigenvalue weighted by atomic mass is 9.98. The highest BCUT2D eigenvalue weighted by atomic mass is 32.1. The molecule has 0 atom stereocenters. The van der Waals surface area contributed by atoms with Gasteiger partial charge >= 0.3 is 0 Å². The molecule has 0 unspecified atom stereocenters. The fourth-order valence-electron chi connectivity index (χ4n) is 3.97. The number of nitrogens with zero attached hydrogens (tertiary/aromatic N) is 4. The Balaban J connectivity index is 1.54. The topological polar surface area (TPSA) is 82.0 Å². The maximum Gasteiger partial charge on any atom is 0.280 e. The number of para-hydroxylation sites is 1. The molecule has 2 aliphatic heterocycles. The maximum atomic E-state index is 12.7. The molecule has 2 aliphatic rings. The maximum absolute atomic E-state index is 12.7. The number of aromatic nitrogens is 1. The molecule has 0 saturated carbocycles. The van der Waals surface area contributed by atoms with Crippen LogP contribution in [0, 0.1) is 5.92 Å². The number of carbonyl (C=O) groups is 1. The highest BCUT2D eigenvalue weighted by Crippen LogP contribution is 2.34. The van der Waals surface area contributed by atoms with Crippen molar-refractivity contribution in [2.45, 2.75) is 19.3 Å². The molecule has 2 aromatic rings. The molecule has 7 nitrogen and oxygen atoms in total. The van der Waals surface area contributed by atoms with Crippen molar-refractivity contribution in [1.29, 1.82) is 0 Å². The zero-order valence-electron chi connectivity index (χ0n) is 16.6. The number of piperidine rings is 1. The Morgan fingerprint density at radius 1 is 1.38 bits per heavy atom. The van der Waals surface area contributed by atoms with Crippen molar-refractivity contribution in [3.8, 4) is 0 Å². The summed E-state index contributed by atoms with van der Waals surface area (Å²) in [5, 5.41) is 7.42. The summed E-state index contributed by atoms with van der Waals surface area (Å²) in [6.07, 6.45) is 3.13. The van der Waals surface area contributed by atoms with E-state index in [0.29, 0.717) is 28.2 Å². The standard InChI is InChI=1S/C21H26N6OS/c1-22-18(27-12-9-15-5-3-4-6-16(15)27)17-20(23-2)29-21(26-17)19(28)25-13-14-7-10-24-11-8-14/h3-6,14,24H,2,7-13H2,1H3,(H,25,28). The monoisotopic (exact) mass is 410 g/mol. The first-order valence-corrected chi connectivity index (χ1v) is 10.8. The van der Waals surface area contributed by atoms with Crippen molar-refractivity contribution in [2.24, 2.45) is 15.9 Å². The third-order valence-corrected chi connectivity index (χ3v) is 6.51. The van der Waals surface area contributed by atoms with Crippen LogP contribution in [0.15, 0.2) is 34.3 Å². The Hall–Kier alpha value is -2.58. The van der Waals surface area contributed by atoms with E-state index in [1.54, 1.807) is 7.05 Å². The van der Waals surface area contributed by atoms with Crippen LogP contribution < -0.4 is 15.5 Å². The summed E-state index contributed by atoms with van der Waals surface area (Å²) in [6, 6.07) is 8.30. The summed E-state index contributed by atoms with van der Waals surface area (Å²) in [5.41, 5.74) is 3.04. The van der Waals surface area contributed by atoms with Gasteiger partial charge in [-0.2, -0.15) is 0 Å². The molecule has 0 spiro atoms. The van der Waals surface area contributed by atoms with Crippen LogP contribution in [0.1, 0.15) is 33.9 Å². The first-order valence-electron chi connectivity index (χ1n) is 10.00. The zero-order valence-corrected chi connectivity index (χ0v) is 17.5. The lowest BCUT2D eigenvalue weighted by Crippen LogP contribution is -2.36. The van der Waals surface area contributed by atoms with E-state index >= 15 is 0 Å². The average molecular weight is 411 g/mol. The summed E-state index contributed by atoms with van der Waals surface area (Å²) in [6.45, 7) is 7.22. The van der Waals surface area contributed by atoms with Crippen LogP contribution in [0.2, 0.25) is 0 Å². The number of carbonyl (C=O) groups excluding carboxylic acids is 1. The van der Waals surface area contributed by atoms with Crippen LogP contribution in [0.3, 0.4) is 0 Å². The first kappa shape index (κ1) is 19.7. The number of amidine groups is 1. The van der Waals surface area contributed by atoms with E-state index in [0.717, 1.165) is 50.4 Å². The fourth-order valence-corrected chi connectivity index (χ4v) is 4.76. The van der Waals surface area contributed by atoms with Crippen LogP contribution in [0.25, 0.3) is 0 Å². The summed E-state index contributed by atoms with van der Waals surface area (Å²) in [5.74, 6) is 1.10. The minimum atomic E-state index is -0.151. The number of hydrogen-bond donors (Lipinski definition) is 2. The molecule has 2 N–H and O–H groups in total. The van der Waals surface area contributed by atoms with Gasteiger partial charge in [-0.25, -0.2) is 4.98 Å². The highest BCUT2D eigenvalue weighted by molar-refractivity contribution is 7.17. The fraction of sp³-hybridized carbons (Fsp3) is 0.429. The van der Waals surface area contributed by atoms with Crippen LogP contribution in [-0.4, -0.2) is 56.7 Å². The SMILES string of the molecule is C=Nc1sc(C(=O)NCC2CCNCC2)nc1C(=NC)N1CCc2ccccc21. The van der Waals surface area contributed by atoms with Gasteiger partial charge in [0.25, 0.3) is 5.91 Å². The number of rotatable bonds is 5. The number of hydrogen-bond acceptors (Lipinski definition) is 6. The summed E-state index contributed by atoms with van der Waals surface area (Å²) < 4.78 is 0. The third-order valence-electron chi connectivity index (χ3n) is 5.52. The lowest BCUT2D eigenvalue weighted by molar-refractivity contribution is 0.0944. The van der Waals surface area contributed by atoms with Gasteiger partial charge in [-0.15, -0.1) is 0 Å². The Morgan fingerprint density at radius 2 is 2.17 bits per heavy atom. The minimum Gasteiger partial charge on any atom is -0.350 e. The van der Waals surface area contributed by atoms with E-state index in [9.17, 15) is 4.79 Å². The average Bonchev–Trinajstić information content (AvgIpc) is 3.39. The van der Waals surface area contributed by atoms with Crippen molar-refractivity contribution in [1.82, 2.24) is 15.6 Å². The van der Waals surface area contributed by atoms with Gasteiger partial charge in [0.1, 0.15) is 10.7 Å². The molecule has 0 aliphatic carbocycles. The third kappa shape index (κ3) is 4.09. The second-order valence-electron chi connectivity index (χ2n) is 7.31. The largest absolute Gasteiger partial charge is 0.350 e. The van der Waals surface area contributed by atoms with Gasteiger partial charge in [0.15, 0.2) is 10.8 Å². The number of aliphatic imine (C=N–C) groups is 2. The normalized spacial score (nSPS) is 17.3. The van der Waals surface area contributed by atoms with E-state index in [1.807, 2.05) is 6.07 Å². The Labute approximate surface area is 175 Å². The van der Waals surface area contributed by atoms with Crippen molar-refractivity contribution < 1.29 is 4.79 Å². The Morgan fingerprint density at radius 3 is 2.93 bits per heavy atom. The molecule has 1 saturated heterocycles. The second-order valence-corrected chi connectivity index (χ2v) is 8.29. The Bertz CT molecular complexity index is 931. The predicted octanol–water partition coefficient (Wildman–Crippen LogP) is 2.64.